The average molecular weight is 428 g/mol. The molecule has 0 aliphatic heterocycles. The second kappa shape index (κ2) is 10.0. The van der Waals surface area contributed by atoms with Crippen LogP contribution in [0.5, 0.6) is 11.5 Å². The highest BCUT2D eigenvalue weighted by atomic mass is 35.5. The Hall–Kier alpha value is -3.22. The zero-order chi connectivity index (χ0) is 21.5. The van der Waals surface area contributed by atoms with E-state index in [0.717, 1.165) is 5.56 Å². The van der Waals surface area contributed by atoms with Crippen molar-refractivity contribution in [3.05, 3.63) is 71.0 Å². The lowest BCUT2D eigenvalue weighted by Gasteiger charge is -2.09. The molecule has 3 aromatic rings. The fourth-order valence-electron chi connectivity index (χ4n) is 2.82. The van der Waals surface area contributed by atoms with Crippen LogP contribution in [0.15, 0.2) is 59.0 Å². The number of hydrogen-bond donors (Lipinski definition) is 2. The lowest BCUT2D eigenvalue weighted by molar-refractivity contribution is -0.111. The van der Waals surface area contributed by atoms with E-state index in [1.54, 1.807) is 55.7 Å². The van der Waals surface area contributed by atoms with Crippen molar-refractivity contribution in [2.75, 3.05) is 19.0 Å². The Morgan fingerprint density at radius 2 is 2.00 bits per heavy atom. The normalized spacial score (nSPS) is 10.9. The molecule has 0 atom stereocenters. The van der Waals surface area contributed by atoms with E-state index in [1.165, 1.54) is 6.08 Å². The largest absolute Gasteiger partial charge is 0.493 e. The molecule has 0 unspecified atom stereocenters. The van der Waals surface area contributed by atoms with Gasteiger partial charge < -0.3 is 24.3 Å². The molecule has 156 valence electrons. The van der Waals surface area contributed by atoms with Crippen LogP contribution in [0.2, 0.25) is 5.02 Å². The third-order valence-electron chi connectivity index (χ3n) is 4.23. The van der Waals surface area contributed by atoms with Crippen LogP contribution in [0.25, 0.3) is 17.4 Å². The highest BCUT2D eigenvalue weighted by molar-refractivity contribution is 6.33. The zero-order valence-electron chi connectivity index (χ0n) is 16.6. The minimum atomic E-state index is -0.299. The summed E-state index contributed by atoms with van der Waals surface area (Å²) in [5.74, 6) is 1.90. The van der Waals surface area contributed by atoms with Crippen LogP contribution in [0.1, 0.15) is 18.2 Å². The van der Waals surface area contributed by atoms with Crippen molar-refractivity contribution in [2.24, 2.45) is 0 Å². The maximum atomic E-state index is 12.3. The van der Waals surface area contributed by atoms with Gasteiger partial charge in [-0.25, -0.2) is 0 Å². The van der Waals surface area contributed by atoms with Crippen LogP contribution in [-0.4, -0.2) is 24.7 Å². The lowest BCUT2D eigenvalue weighted by Crippen LogP contribution is -2.07. The number of halogens is 1. The molecule has 0 radical (unpaired) electrons. The highest BCUT2D eigenvalue weighted by Gasteiger charge is 2.11. The fraction of sp³-hybridized carbons (Fsp3) is 0.174. The molecule has 0 spiro atoms. The number of anilines is 1. The number of hydrogen-bond acceptors (Lipinski definition) is 5. The van der Waals surface area contributed by atoms with E-state index >= 15 is 0 Å². The summed E-state index contributed by atoms with van der Waals surface area (Å²) < 4.78 is 16.3. The summed E-state index contributed by atoms with van der Waals surface area (Å²) >= 11 is 6.25. The first-order valence-electron chi connectivity index (χ1n) is 9.33. The van der Waals surface area contributed by atoms with E-state index in [-0.39, 0.29) is 12.5 Å². The van der Waals surface area contributed by atoms with Crippen molar-refractivity contribution in [3.63, 3.8) is 0 Å². The van der Waals surface area contributed by atoms with Gasteiger partial charge in [-0.3, -0.25) is 4.79 Å². The summed E-state index contributed by atoms with van der Waals surface area (Å²) in [5.41, 5.74) is 1.99. The van der Waals surface area contributed by atoms with E-state index in [1.807, 2.05) is 13.0 Å². The first-order chi connectivity index (χ1) is 14.5. The Morgan fingerprint density at radius 1 is 1.17 bits per heavy atom. The number of benzene rings is 2. The topological polar surface area (TPSA) is 80.9 Å². The van der Waals surface area contributed by atoms with Gasteiger partial charge in [0.2, 0.25) is 5.91 Å². The van der Waals surface area contributed by atoms with Gasteiger partial charge in [0.05, 0.1) is 18.7 Å². The summed E-state index contributed by atoms with van der Waals surface area (Å²) in [4.78, 5) is 12.3. The van der Waals surface area contributed by atoms with Crippen molar-refractivity contribution in [1.29, 1.82) is 0 Å². The monoisotopic (exact) mass is 427 g/mol. The summed E-state index contributed by atoms with van der Waals surface area (Å²) in [6.07, 6.45) is 3.12. The van der Waals surface area contributed by atoms with Gasteiger partial charge in [-0.2, -0.15) is 0 Å². The molecule has 0 aliphatic rings. The number of aliphatic hydroxyl groups excluding tert-OH is 1. The van der Waals surface area contributed by atoms with Crippen molar-refractivity contribution >= 4 is 29.3 Å². The van der Waals surface area contributed by atoms with Gasteiger partial charge in [0.25, 0.3) is 0 Å². The average Bonchev–Trinajstić information content (AvgIpc) is 3.23. The summed E-state index contributed by atoms with van der Waals surface area (Å²) in [7, 11) is 1.57. The standard InChI is InChI=1S/C23H22ClNO5/c1-3-29-21-9-4-15(12-22(21)28-2)5-11-23(27)25-16-6-8-19(24)18(13-16)20-10-7-17(14-26)30-20/h4-13,26H,3,14H2,1-2H3,(H,25,27)/b11-5+. The molecule has 30 heavy (non-hydrogen) atoms. The number of nitrogens with one attached hydrogen (secondary N) is 1. The molecule has 0 fully saturated rings. The molecule has 0 saturated carbocycles. The lowest BCUT2D eigenvalue weighted by atomic mass is 10.1. The highest BCUT2D eigenvalue weighted by Crippen LogP contribution is 2.32. The second-order valence-corrected chi connectivity index (χ2v) is 6.69. The van der Waals surface area contributed by atoms with Gasteiger partial charge in [0.15, 0.2) is 11.5 Å². The van der Waals surface area contributed by atoms with Crippen LogP contribution >= 0.6 is 11.6 Å². The predicted molar refractivity (Wildman–Crippen MR) is 117 cm³/mol. The Balaban J connectivity index is 1.72. The van der Waals surface area contributed by atoms with E-state index in [0.29, 0.717) is 45.9 Å². The molecule has 1 amide bonds. The van der Waals surface area contributed by atoms with Gasteiger partial charge in [-0.1, -0.05) is 17.7 Å². The van der Waals surface area contributed by atoms with Crippen LogP contribution in [0, 0.1) is 0 Å². The molecule has 0 aliphatic carbocycles. The Kier molecular flexibility index (Phi) is 7.17. The summed E-state index contributed by atoms with van der Waals surface area (Å²) in [6.45, 7) is 2.24. The first-order valence-corrected chi connectivity index (χ1v) is 9.71. The van der Waals surface area contributed by atoms with Gasteiger partial charge in [-0.15, -0.1) is 0 Å². The number of carbonyl (C=O) groups is 1. The minimum Gasteiger partial charge on any atom is -0.493 e. The van der Waals surface area contributed by atoms with Crippen LogP contribution in [0.4, 0.5) is 5.69 Å². The molecular weight excluding hydrogens is 406 g/mol. The molecular formula is C23H22ClNO5. The molecule has 0 bridgehead atoms. The van der Waals surface area contributed by atoms with Gasteiger partial charge in [-0.05, 0) is 61.0 Å². The number of ether oxygens (including phenoxy) is 2. The van der Waals surface area contributed by atoms with Gasteiger partial charge in [0, 0.05) is 17.3 Å². The van der Waals surface area contributed by atoms with Crippen molar-refractivity contribution < 1.29 is 23.8 Å². The smallest absolute Gasteiger partial charge is 0.248 e. The number of carbonyl (C=O) groups excluding carboxylic acids is 1. The molecule has 3 rings (SSSR count). The van der Waals surface area contributed by atoms with Gasteiger partial charge >= 0.3 is 0 Å². The van der Waals surface area contributed by atoms with Crippen LogP contribution in [0.3, 0.4) is 0 Å². The number of amides is 1. The van der Waals surface area contributed by atoms with Crippen LogP contribution < -0.4 is 14.8 Å². The summed E-state index contributed by atoms with van der Waals surface area (Å²) in [6, 6.07) is 13.9. The minimum absolute atomic E-state index is 0.199. The quantitative estimate of drug-likeness (QED) is 0.486. The maximum Gasteiger partial charge on any atom is 0.248 e. The van der Waals surface area contributed by atoms with E-state index in [9.17, 15) is 4.79 Å². The summed E-state index contributed by atoms with van der Waals surface area (Å²) in [5, 5.41) is 12.4. The molecule has 1 aromatic heterocycles. The number of furan rings is 1. The third kappa shape index (κ3) is 5.23. The van der Waals surface area contributed by atoms with Crippen LogP contribution in [-0.2, 0) is 11.4 Å². The van der Waals surface area contributed by atoms with Crippen molar-refractivity contribution in [2.45, 2.75) is 13.5 Å². The SMILES string of the molecule is CCOc1ccc(/C=C/C(=O)Nc2ccc(Cl)c(-c3ccc(CO)o3)c2)cc1OC. The first kappa shape index (κ1) is 21.5. The molecule has 2 N–H and O–H groups in total. The molecule has 6 nitrogen and oxygen atoms in total. The van der Waals surface area contributed by atoms with Crippen molar-refractivity contribution in [1.82, 2.24) is 0 Å². The Bertz CT molecular complexity index is 1060. The van der Waals surface area contributed by atoms with Gasteiger partial charge in [0.1, 0.15) is 18.1 Å². The zero-order valence-corrected chi connectivity index (χ0v) is 17.4. The van der Waals surface area contributed by atoms with Crippen molar-refractivity contribution in [3.8, 4) is 22.8 Å². The number of aliphatic hydroxyl groups is 1. The number of methoxy groups -OCH3 is 1. The second-order valence-electron chi connectivity index (χ2n) is 6.28. The van der Waals surface area contributed by atoms with E-state index in [4.69, 9.17) is 30.6 Å². The third-order valence-corrected chi connectivity index (χ3v) is 4.56. The molecule has 1 heterocycles. The molecule has 0 saturated heterocycles. The Labute approximate surface area is 179 Å². The Morgan fingerprint density at radius 3 is 2.70 bits per heavy atom. The molecule has 2 aromatic carbocycles. The maximum absolute atomic E-state index is 12.3. The predicted octanol–water partition coefficient (Wildman–Crippen LogP) is 5.15. The molecule has 7 heteroatoms. The van der Waals surface area contributed by atoms with E-state index < -0.39 is 0 Å². The fourth-order valence-corrected chi connectivity index (χ4v) is 3.03. The van der Waals surface area contributed by atoms with E-state index in [2.05, 4.69) is 5.32 Å². The number of rotatable bonds is 8.